The van der Waals surface area contributed by atoms with Gasteiger partial charge in [0.05, 0.1) is 19.1 Å². The lowest BCUT2D eigenvalue weighted by Gasteiger charge is -2.17. The molecule has 10 heteroatoms. The third-order valence-corrected chi connectivity index (χ3v) is 4.41. The molecule has 2 aromatic rings. The minimum absolute atomic E-state index is 0.0646. The number of hydrogen-bond acceptors (Lipinski definition) is 7. The number of nitrogens with one attached hydrogen (secondary N) is 1. The van der Waals surface area contributed by atoms with Gasteiger partial charge in [-0.3, -0.25) is 4.79 Å². The number of aromatic amines is 1. The molecule has 0 saturated carbocycles. The highest BCUT2D eigenvalue weighted by Gasteiger charge is 2.29. The number of thioether (sulfide) groups is 1. The Morgan fingerprint density at radius 1 is 1.08 bits per heavy atom. The maximum Gasteiger partial charge on any atom is 0.342 e. The number of carboxylic acids is 2. The van der Waals surface area contributed by atoms with Crippen molar-refractivity contribution in [1.82, 2.24) is 4.98 Å². The Balaban J connectivity index is 3.06. The Hall–Kier alpha value is -3.14. The molecular weight excluding hydrogens is 364 g/mol. The summed E-state index contributed by atoms with van der Waals surface area (Å²) in [6.07, 6.45) is 1.80. The van der Waals surface area contributed by atoms with Crippen LogP contribution in [0.2, 0.25) is 0 Å². The zero-order valence-electron chi connectivity index (χ0n) is 14.1. The molecular formula is C16H16N2O7S. The van der Waals surface area contributed by atoms with E-state index in [2.05, 4.69) is 4.98 Å². The predicted octanol–water partition coefficient (Wildman–Crippen LogP) is 1.76. The molecule has 1 aromatic heterocycles. The lowest BCUT2D eigenvalue weighted by atomic mass is 9.94. The number of rotatable bonds is 6. The van der Waals surface area contributed by atoms with E-state index in [4.69, 9.17) is 15.2 Å². The van der Waals surface area contributed by atoms with Crippen LogP contribution in [0.5, 0.6) is 11.5 Å². The van der Waals surface area contributed by atoms with Gasteiger partial charge < -0.3 is 30.4 Å². The average molecular weight is 380 g/mol. The smallest absolute Gasteiger partial charge is 0.342 e. The molecule has 1 heterocycles. The van der Waals surface area contributed by atoms with Crippen molar-refractivity contribution >= 4 is 29.5 Å². The largest absolute Gasteiger partial charge is 0.496 e. The van der Waals surface area contributed by atoms with Crippen LogP contribution >= 0.6 is 11.8 Å². The molecule has 1 aromatic carbocycles. The summed E-state index contributed by atoms with van der Waals surface area (Å²) < 4.78 is 10.6. The van der Waals surface area contributed by atoms with E-state index in [1.807, 2.05) is 0 Å². The van der Waals surface area contributed by atoms with E-state index < -0.39 is 34.4 Å². The number of methoxy groups -OCH3 is 2. The van der Waals surface area contributed by atoms with Gasteiger partial charge in [0.1, 0.15) is 28.4 Å². The highest BCUT2D eigenvalue weighted by atomic mass is 32.2. The monoisotopic (exact) mass is 380 g/mol. The maximum atomic E-state index is 12.1. The first-order chi connectivity index (χ1) is 12.3. The normalized spacial score (nSPS) is 10.4. The molecule has 5 N–H and O–H groups in total. The summed E-state index contributed by atoms with van der Waals surface area (Å²) in [5.41, 5.74) is 3.03. The Kier molecular flexibility index (Phi) is 5.46. The van der Waals surface area contributed by atoms with Gasteiger partial charge >= 0.3 is 11.9 Å². The summed E-state index contributed by atoms with van der Waals surface area (Å²) >= 11 is 1.35. The van der Waals surface area contributed by atoms with Gasteiger partial charge in [0.2, 0.25) is 0 Å². The zero-order chi connectivity index (χ0) is 19.6. The molecule has 0 atom stereocenters. The van der Waals surface area contributed by atoms with Crippen LogP contribution in [0.25, 0.3) is 11.1 Å². The molecule has 0 spiro atoms. The van der Waals surface area contributed by atoms with Crippen molar-refractivity contribution in [3.63, 3.8) is 0 Å². The number of pyridine rings is 1. The first-order valence-electron chi connectivity index (χ1n) is 7.09. The Labute approximate surface area is 151 Å². The number of aromatic carboxylic acids is 2. The lowest BCUT2D eigenvalue weighted by Crippen LogP contribution is -2.24. The SMILES string of the molecule is COc1cc(-c2c(C(=O)O)c(N)[nH]c(=O)c2C(=O)O)c(OC)cc1SC. The number of nitrogen functional groups attached to an aromatic ring is 1. The highest BCUT2D eigenvalue weighted by molar-refractivity contribution is 7.98. The van der Waals surface area contributed by atoms with Crippen LogP contribution in [0.15, 0.2) is 21.8 Å². The van der Waals surface area contributed by atoms with Gasteiger partial charge in [-0.2, -0.15) is 0 Å². The predicted molar refractivity (Wildman–Crippen MR) is 95.7 cm³/mol. The molecule has 0 aliphatic heterocycles. The lowest BCUT2D eigenvalue weighted by molar-refractivity contribution is 0.0695. The van der Waals surface area contributed by atoms with E-state index in [0.717, 1.165) is 0 Å². The van der Waals surface area contributed by atoms with Crippen LogP contribution in [0, 0.1) is 0 Å². The van der Waals surface area contributed by atoms with Gasteiger partial charge in [0.25, 0.3) is 5.56 Å². The van der Waals surface area contributed by atoms with Gasteiger partial charge in [0, 0.05) is 11.1 Å². The van der Waals surface area contributed by atoms with Crippen LogP contribution in [0.4, 0.5) is 5.82 Å². The molecule has 26 heavy (non-hydrogen) atoms. The van der Waals surface area contributed by atoms with Crippen molar-refractivity contribution in [2.24, 2.45) is 0 Å². The Morgan fingerprint density at radius 2 is 1.65 bits per heavy atom. The Morgan fingerprint density at radius 3 is 2.12 bits per heavy atom. The minimum Gasteiger partial charge on any atom is -0.496 e. The molecule has 0 aliphatic rings. The standard InChI is InChI=1S/C16H16N2O7S/c1-24-7-5-9(26-3)8(25-2)4-6(7)10-11(15(20)21)13(17)18-14(19)12(10)16(22)23/h4-5H,1-3H3,(H,20,21)(H,22,23)(H3,17,18,19). The molecule has 2 rings (SSSR count). The van der Waals surface area contributed by atoms with Crippen LogP contribution in [0.3, 0.4) is 0 Å². The molecule has 0 fully saturated rings. The molecule has 138 valence electrons. The molecule has 0 radical (unpaired) electrons. The molecule has 0 saturated heterocycles. The summed E-state index contributed by atoms with van der Waals surface area (Å²) in [4.78, 5) is 38.2. The van der Waals surface area contributed by atoms with Crippen LogP contribution in [-0.2, 0) is 0 Å². The number of H-pyrrole nitrogens is 1. The van der Waals surface area contributed by atoms with E-state index in [0.29, 0.717) is 10.6 Å². The maximum absolute atomic E-state index is 12.1. The van der Waals surface area contributed by atoms with Gasteiger partial charge in [-0.15, -0.1) is 11.8 Å². The number of aromatic nitrogens is 1. The number of carboxylic acid groups (broad SMARTS) is 2. The molecule has 9 nitrogen and oxygen atoms in total. The van der Waals surface area contributed by atoms with Crippen molar-refractivity contribution in [3.8, 4) is 22.6 Å². The minimum atomic E-state index is -1.60. The quantitative estimate of drug-likeness (QED) is 0.549. The first-order valence-corrected chi connectivity index (χ1v) is 8.31. The number of carbonyl (C=O) groups is 2. The molecule has 0 bridgehead atoms. The van der Waals surface area contributed by atoms with E-state index in [1.165, 1.54) is 32.0 Å². The number of hydrogen-bond donors (Lipinski definition) is 4. The second-order valence-corrected chi connectivity index (χ2v) is 5.86. The fourth-order valence-electron chi connectivity index (χ4n) is 2.54. The van der Waals surface area contributed by atoms with Gasteiger partial charge in [-0.05, 0) is 18.4 Å². The molecule has 0 amide bonds. The first kappa shape index (κ1) is 19.2. The number of nitrogens with two attached hydrogens (primary N) is 1. The van der Waals surface area contributed by atoms with Crippen LogP contribution < -0.4 is 20.8 Å². The van der Waals surface area contributed by atoms with Gasteiger partial charge in [-0.1, -0.05) is 0 Å². The van der Waals surface area contributed by atoms with Crippen LogP contribution in [0.1, 0.15) is 20.7 Å². The van der Waals surface area contributed by atoms with E-state index in [-0.39, 0.29) is 16.9 Å². The number of benzene rings is 1. The van der Waals surface area contributed by atoms with Crippen molar-refractivity contribution in [1.29, 1.82) is 0 Å². The zero-order valence-corrected chi connectivity index (χ0v) is 14.9. The molecule has 0 aliphatic carbocycles. The van der Waals surface area contributed by atoms with Crippen molar-refractivity contribution < 1.29 is 29.3 Å². The highest BCUT2D eigenvalue weighted by Crippen LogP contribution is 2.42. The Bertz CT molecular complexity index is 953. The van der Waals surface area contributed by atoms with E-state index >= 15 is 0 Å². The second kappa shape index (κ2) is 7.40. The van der Waals surface area contributed by atoms with Gasteiger partial charge in [-0.25, -0.2) is 9.59 Å². The summed E-state index contributed by atoms with van der Waals surface area (Å²) in [5, 5.41) is 19.0. The summed E-state index contributed by atoms with van der Waals surface area (Å²) in [5.74, 6) is -3.02. The number of anilines is 1. The van der Waals surface area contributed by atoms with Crippen molar-refractivity contribution in [2.75, 3.05) is 26.2 Å². The average Bonchev–Trinajstić information content (AvgIpc) is 2.58. The summed E-state index contributed by atoms with van der Waals surface area (Å²) in [6, 6.07) is 2.98. The summed E-state index contributed by atoms with van der Waals surface area (Å²) in [7, 11) is 2.75. The fourth-order valence-corrected chi connectivity index (χ4v) is 3.11. The van der Waals surface area contributed by atoms with Crippen molar-refractivity contribution in [2.45, 2.75) is 4.90 Å². The van der Waals surface area contributed by atoms with Crippen LogP contribution in [-0.4, -0.2) is 47.6 Å². The van der Waals surface area contributed by atoms with Crippen molar-refractivity contribution in [3.05, 3.63) is 33.6 Å². The summed E-state index contributed by atoms with van der Waals surface area (Å²) in [6.45, 7) is 0. The second-order valence-electron chi connectivity index (χ2n) is 5.01. The van der Waals surface area contributed by atoms with E-state index in [9.17, 15) is 24.6 Å². The molecule has 0 unspecified atom stereocenters. The topological polar surface area (TPSA) is 152 Å². The third kappa shape index (κ3) is 3.18. The third-order valence-electron chi connectivity index (χ3n) is 3.65. The fraction of sp³-hybridized carbons (Fsp3) is 0.188. The van der Waals surface area contributed by atoms with E-state index in [1.54, 1.807) is 12.3 Å². The van der Waals surface area contributed by atoms with Gasteiger partial charge in [0.15, 0.2) is 0 Å². The number of ether oxygens (including phenoxy) is 2.